The van der Waals surface area contributed by atoms with Crippen LogP contribution in [0.1, 0.15) is 44.7 Å². The van der Waals surface area contributed by atoms with Crippen LogP contribution in [-0.4, -0.2) is 46.1 Å². The van der Waals surface area contributed by atoms with Gasteiger partial charge < -0.3 is 26.0 Å². The van der Waals surface area contributed by atoms with E-state index in [4.69, 9.17) is 12.2 Å². The number of nitrogens with one attached hydrogen (secondary N) is 3. The molecule has 35 heavy (non-hydrogen) atoms. The summed E-state index contributed by atoms with van der Waals surface area (Å²) >= 11 is 5.35. The molecule has 1 fully saturated rings. The summed E-state index contributed by atoms with van der Waals surface area (Å²) in [6.45, 7) is 5.27. The van der Waals surface area contributed by atoms with Gasteiger partial charge >= 0.3 is 5.97 Å². The average molecular weight is 498 g/mol. The van der Waals surface area contributed by atoms with Crippen LogP contribution in [0.4, 0.5) is 11.4 Å². The fraction of sp³-hybridized carbons (Fsp3) is 0.400. The molecule has 1 aromatic carbocycles. The number of nitrogens with zero attached hydrogens (tertiary/aromatic N) is 2. The molecular weight excluding hydrogens is 466 g/mol. The van der Waals surface area contributed by atoms with E-state index in [1.54, 1.807) is 23.2 Å². The molecule has 0 saturated carbocycles. The highest BCUT2D eigenvalue weighted by Gasteiger charge is 2.36. The van der Waals surface area contributed by atoms with E-state index in [9.17, 15) is 19.5 Å². The largest absolute Gasteiger partial charge is 0.481 e. The number of thiocarbonyl (C=S) groups is 1. The Morgan fingerprint density at radius 3 is 2.74 bits per heavy atom. The highest BCUT2D eigenvalue weighted by atomic mass is 32.1. The van der Waals surface area contributed by atoms with Crippen molar-refractivity contribution in [3.63, 3.8) is 0 Å². The Morgan fingerprint density at radius 1 is 1.26 bits per heavy atom. The summed E-state index contributed by atoms with van der Waals surface area (Å²) < 4.78 is 0. The third-order valence-electron chi connectivity index (χ3n) is 5.70. The smallest absolute Gasteiger partial charge is 0.305 e. The number of aromatic nitrogens is 1. The van der Waals surface area contributed by atoms with E-state index in [1.807, 2.05) is 24.3 Å². The van der Waals surface area contributed by atoms with Gasteiger partial charge in [-0.3, -0.25) is 19.4 Å². The van der Waals surface area contributed by atoms with E-state index in [0.717, 1.165) is 18.7 Å². The molecule has 1 aliphatic rings. The maximum absolute atomic E-state index is 13.0. The lowest BCUT2D eigenvalue weighted by molar-refractivity contribution is -0.138. The molecule has 0 spiro atoms. The number of carbonyl (C=O) groups is 3. The van der Waals surface area contributed by atoms with Gasteiger partial charge in [0.15, 0.2) is 5.11 Å². The molecule has 186 valence electrons. The second-order valence-corrected chi connectivity index (χ2v) is 9.37. The fourth-order valence-electron chi connectivity index (χ4n) is 3.83. The van der Waals surface area contributed by atoms with Crippen molar-refractivity contribution in [3.8, 4) is 0 Å². The monoisotopic (exact) mass is 497 g/mol. The molecule has 0 bridgehead atoms. The van der Waals surface area contributed by atoms with Gasteiger partial charge in [0.2, 0.25) is 11.8 Å². The molecule has 2 unspecified atom stereocenters. The summed E-state index contributed by atoms with van der Waals surface area (Å²) in [7, 11) is 0. The molecule has 9 nitrogen and oxygen atoms in total. The van der Waals surface area contributed by atoms with E-state index in [1.165, 1.54) is 6.20 Å². The number of anilines is 2. The summed E-state index contributed by atoms with van der Waals surface area (Å²) in [5.74, 6) is -1.59. The number of rotatable bonds is 10. The number of carbonyl (C=O) groups excluding carboxylic acids is 2. The summed E-state index contributed by atoms with van der Waals surface area (Å²) in [6.07, 6.45) is 3.88. The Bertz CT molecular complexity index is 1060. The molecule has 2 aromatic rings. The van der Waals surface area contributed by atoms with E-state index >= 15 is 0 Å². The number of hydrogen-bond acceptors (Lipinski definition) is 5. The molecule has 4 N–H and O–H groups in total. The molecular formula is C25H31N5O4S. The molecule has 2 heterocycles. The minimum absolute atomic E-state index is 0.0471. The molecule has 2 amide bonds. The Hall–Kier alpha value is -3.53. The quantitative estimate of drug-likeness (QED) is 0.369. The van der Waals surface area contributed by atoms with Crippen LogP contribution < -0.4 is 20.9 Å². The van der Waals surface area contributed by atoms with Gasteiger partial charge in [-0.05, 0) is 54.4 Å². The predicted molar refractivity (Wildman–Crippen MR) is 138 cm³/mol. The van der Waals surface area contributed by atoms with Crippen LogP contribution in [0.25, 0.3) is 0 Å². The minimum atomic E-state index is -1.04. The lowest BCUT2D eigenvalue weighted by atomic mass is 10.0. The van der Waals surface area contributed by atoms with Crippen molar-refractivity contribution in [2.75, 3.05) is 23.3 Å². The van der Waals surface area contributed by atoms with Gasteiger partial charge in [-0.25, -0.2) is 0 Å². The summed E-state index contributed by atoms with van der Waals surface area (Å²) in [4.78, 5) is 42.6. The lowest BCUT2D eigenvalue weighted by Gasteiger charge is -2.21. The Kier molecular flexibility index (Phi) is 9.13. The lowest BCUT2D eigenvalue weighted by Crippen LogP contribution is -2.36. The van der Waals surface area contributed by atoms with Gasteiger partial charge in [-0.1, -0.05) is 26.0 Å². The van der Waals surface area contributed by atoms with Gasteiger partial charge in [-0.2, -0.15) is 0 Å². The Morgan fingerprint density at radius 2 is 2.06 bits per heavy atom. The summed E-state index contributed by atoms with van der Waals surface area (Å²) in [5, 5.41) is 18.9. The van der Waals surface area contributed by atoms with Crippen LogP contribution >= 0.6 is 12.2 Å². The number of benzene rings is 1. The summed E-state index contributed by atoms with van der Waals surface area (Å²) in [6, 6.07) is 9.97. The average Bonchev–Trinajstić information content (AvgIpc) is 3.20. The van der Waals surface area contributed by atoms with E-state index in [-0.39, 0.29) is 31.2 Å². The second-order valence-electron chi connectivity index (χ2n) is 8.96. The fourth-order valence-corrected chi connectivity index (χ4v) is 4.05. The molecule has 0 radical (unpaired) electrons. The number of pyridine rings is 1. The van der Waals surface area contributed by atoms with Crippen molar-refractivity contribution in [1.82, 2.24) is 15.6 Å². The van der Waals surface area contributed by atoms with Gasteiger partial charge in [0.1, 0.15) is 0 Å². The van der Waals surface area contributed by atoms with Crippen molar-refractivity contribution < 1.29 is 19.5 Å². The molecule has 1 saturated heterocycles. The zero-order valence-electron chi connectivity index (χ0n) is 19.9. The highest BCUT2D eigenvalue weighted by Crippen LogP contribution is 2.28. The second kappa shape index (κ2) is 12.3. The standard InChI is InChI=1S/C25H31N5O4S/c1-16(2)8-10-27-25(35)28-19-6-3-7-20(12-19)30-15-18(11-22(30)31)24(34)29-21(13-23(32)33)17-5-4-9-26-14-17/h3-7,9,12,14,16,18,21H,8,10-11,13,15H2,1-2H3,(H,29,34)(H,32,33)(H2,27,28,35). The maximum atomic E-state index is 13.0. The van der Waals surface area contributed by atoms with Crippen molar-refractivity contribution in [1.29, 1.82) is 0 Å². The molecule has 10 heteroatoms. The van der Waals surface area contributed by atoms with Crippen molar-refractivity contribution in [3.05, 3.63) is 54.4 Å². The SMILES string of the molecule is CC(C)CCNC(=S)Nc1cccc(N2CC(C(=O)NC(CC(=O)O)c3cccnc3)CC2=O)c1. The first kappa shape index (κ1) is 26.1. The van der Waals surface area contributed by atoms with Crippen LogP contribution in [0.15, 0.2) is 48.8 Å². The van der Waals surface area contributed by atoms with Crippen LogP contribution in [0.2, 0.25) is 0 Å². The minimum Gasteiger partial charge on any atom is -0.481 e. The number of amides is 2. The first-order valence-corrected chi connectivity index (χ1v) is 12.0. The Labute approximate surface area is 210 Å². The van der Waals surface area contributed by atoms with Crippen LogP contribution in [0.3, 0.4) is 0 Å². The summed E-state index contributed by atoms with van der Waals surface area (Å²) in [5.41, 5.74) is 2.00. The molecule has 1 aromatic heterocycles. The third kappa shape index (κ3) is 7.74. The molecule has 1 aliphatic heterocycles. The topological polar surface area (TPSA) is 124 Å². The van der Waals surface area contributed by atoms with Crippen molar-refractivity contribution >= 4 is 46.5 Å². The van der Waals surface area contributed by atoms with E-state index < -0.39 is 17.9 Å². The van der Waals surface area contributed by atoms with Crippen molar-refractivity contribution in [2.45, 2.75) is 39.2 Å². The number of carboxylic acid groups (broad SMARTS) is 1. The first-order valence-electron chi connectivity index (χ1n) is 11.6. The zero-order valence-corrected chi connectivity index (χ0v) is 20.7. The number of carboxylic acids is 1. The van der Waals surface area contributed by atoms with Crippen LogP contribution in [0, 0.1) is 11.8 Å². The van der Waals surface area contributed by atoms with Gasteiger partial charge in [0.25, 0.3) is 0 Å². The molecule has 0 aliphatic carbocycles. The van der Waals surface area contributed by atoms with Gasteiger partial charge in [0, 0.05) is 43.3 Å². The number of hydrogen-bond donors (Lipinski definition) is 4. The van der Waals surface area contributed by atoms with Gasteiger partial charge in [0.05, 0.1) is 18.4 Å². The first-order chi connectivity index (χ1) is 16.7. The van der Waals surface area contributed by atoms with Crippen LogP contribution in [0.5, 0.6) is 0 Å². The molecule has 3 rings (SSSR count). The number of aliphatic carboxylic acids is 1. The van der Waals surface area contributed by atoms with Crippen LogP contribution in [-0.2, 0) is 14.4 Å². The third-order valence-corrected chi connectivity index (χ3v) is 5.95. The maximum Gasteiger partial charge on any atom is 0.305 e. The van der Waals surface area contributed by atoms with Crippen molar-refractivity contribution in [2.24, 2.45) is 11.8 Å². The highest BCUT2D eigenvalue weighted by molar-refractivity contribution is 7.80. The van der Waals surface area contributed by atoms with E-state index in [2.05, 4.69) is 34.8 Å². The Balaban J connectivity index is 1.63. The predicted octanol–water partition coefficient (Wildman–Crippen LogP) is 3.10. The van der Waals surface area contributed by atoms with Gasteiger partial charge in [-0.15, -0.1) is 0 Å². The van der Waals surface area contributed by atoms with E-state index in [0.29, 0.717) is 22.3 Å². The molecule has 2 atom stereocenters. The normalized spacial score (nSPS) is 16.1. The zero-order chi connectivity index (χ0) is 25.4.